The lowest BCUT2D eigenvalue weighted by Gasteiger charge is -2.24. The van der Waals surface area contributed by atoms with Gasteiger partial charge in [-0.15, -0.1) is 0 Å². The summed E-state index contributed by atoms with van der Waals surface area (Å²) in [5, 5.41) is 41.5. The Bertz CT molecular complexity index is 1190. The molecule has 30 heavy (non-hydrogen) atoms. The van der Waals surface area contributed by atoms with Gasteiger partial charge < -0.3 is 24.6 Å². The molecule has 1 fully saturated rings. The zero-order valence-corrected chi connectivity index (χ0v) is 16.1. The molecular formula is C21H20N2O7. The molecule has 1 aliphatic rings. The predicted octanol–water partition coefficient (Wildman–Crippen LogP) is 2.56. The predicted molar refractivity (Wildman–Crippen MR) is 109 cm³/mol. The van der Waals surface area contributed by atoms with Gasteiger partial charge in [0, 0.05) is 47.4 Å². The molecule has 2 atom stereocenters. The smallest absolute Gasteiger partial charge is 0.269 e. The second-order valence-electron chi connectivity index (χ2n) is 7.44. The van der Waals surface area contributed by atoms with Gasteiger partial charge >= 0.3 is 0 Å². The van der Waals surface area contributed by atoms with Gasteiger partial charge in [-0.05, 0) is 32.1 Å². The summed E-state index contributed by atoms with van der Waals surface area (Å²) >= 11 is 0. The number of nitro groups is 1. The summed E-state index contributed by atoms with van der Waals surface area (Å²) in [6.45, 7) is 0.541. The molecule has 2 aromatic carbocycles. The lowest BCUT2D eigenvalue weighted by Crippen LogP contribution is -2.32. The van der Waals surface area contributed by atoms with Gasteiger partial charge in [0.15, 0.2) is 5.43 Å². The summed E-state index contributed by atoms with van der Waals surface area (Å²) in [6.07, 6.45) is 0.626. The number of likely N-dealkylation sites (N-methyl/N-ethyl adjacent to an activating group) is 1. The van der Waals surface area contributed by atoms with Crippen LogP contribution in [-0.4, -0.2) is 51.4 Å². The molecule has 3 aromatic rings. The third kappa shape index (κ3) is 3.17. The SMILES string of the molecule is CN1CC[C@@H](c2c(O)cc(O)c3c(=O)cc(-c4ccc([N+](=O)[O-])cc4)oc23)[C@@H]1CO. The van der Waals surface area contributed by atoms with Crippen LogP contribution in [0, 0.1) is 10.1 Å². The van der Waals surface area contributed by atoms with Gasteiger partial charge in [-0.1, -0.05) is 0 Å². The topological polar surface area (TPSA) is 137 Å². The first kappa shape index (κ1) is 19.9. The zero-order valence-electron chi connectivity index (χ0n) is 16.1. The number of phenolic OH excluding ortho intramolecular Hbond substituents is 2. The van der Waals surface area contributed by atoms with Crippen LogP contribution in [0.1, 0.15) is 17.9 Å². The number of hydrogen-bond donors (Lipinski definition) is 3. The van der Waals surface area contributed by atoms with Crippen LogP contribution in [0.5, 0.6) is 11.5 Å². The van der Waals surface area contributed by atoms with Crippen molar-refractivity contribution >= 4 is 16.7 Å². The van der Waals surface area contributed by atoms with E-state index in [1.807, 2.05) is 11.9 Å². The number of nitro benzene ring substituents is 1. The molecule has 3 N–H and O–H groups in total. The molecule has 1 saturated heterocycles. The summed E-state index contributed by atoms with van der Waals surface area (Å²) in [5.41, 5.74) is 0.239. The van der Waals surface area contributed by atoms with E-state index in [1.165, 1.54) is 30.3 Å². The number of benzene rings is 2. The third-order valence-corrected chi connectivity index (χ3v) is 5.74. The number of fused-ring (bicyclic) bond motifs is 1. The van der Waals surface area contributed by atoms with Gasteiger partial charge in [0.05, 0.1) is 11.5 Å². The molecule has 4 rings (SSSR count). The molecule has 9 nitrogen and oxygen atoms in total. The maximum atomic E-state index is 12.8. The first-order valence-electron chi connectivity index (χ1n) is 9.40. The number of non-ortho nitro benzene ring substituents is 1. The van der Waals surface area contributed by atoms with Crippen LogP contribution in [0.25, 0.3) is 22.3 Å². The molecule has 1 aliphatic heterocycles. The van der Waals surface area contributed by atoms with Crippen LogP contribution in [-0.2, 0) is 0 Å². The molecule has 9 heteroatoms. The molecule has 0 unspecified atom stereocenters. The largest absolute Gasteiger partial charge is 0.507 e. The van der Waals surface area contributed by atoms with Crippen molar-refractivity contribution in [2.75, 3.05) is 20.2 Å². The van der Waals surface area contributed by atoms with Crippen molar-refractivity contribution in [3.63, 3.8) is 0 Å². The highest BCUT2D eigenvalue weighted by molar-refractivity contribution is 5.89. The van der Waals surface area contributed by atoms with Crippen molar-refractivity contribution < 1.29 is 24.7 Å². The third-order valence-electron chi connectivity index (χ3n) is 5.74. The molecule has 0 bridgehead atoms. The normalized spacial score (nSPS) is 19.4. The minimum absolute atomic E-state index is 0.0482. The quantitative estimate of drug-likeness (QED) is 0.439. The standard InChI is InChI=1S/C21H20N2O7/c1-22-7-6-13(14(22)10-24)19-15(25)8-16(26)20-17(27)9-18(30-21(19)20)11-2-4-12(5-3-11)23(28)29/h2-5,8-9,13-14,24-26H,6-7,10H2,1H3/t13-,14+/m1/s1. The van der Waals surface area contributed by atoms with Crippen LogP contribution in [0.2, 0.25) is 0 Å². The highest BCUT2D eigenvalue weighted by atomic mass is 16.6. The number of phenols is 2. The second-order valence-corrected chi connectivity index (χ2v) is 7.44. The van der Waals surface area contributed by atoms with Crippen molar-refractivity contribution in [3.8, 4) is 22.8 Å². The number of hydrogen-bond acceptors (Lipinski definition) is 8. The Kier molecular flexibility index (Phi) is 4.92. The Morgan fingerprint density at radius 2 is 1.90 bits per heavy atom. The Hall–Kier alpha value is -3.43. The fourth-order valence-electron chi connectivity index (χ4n) is 4.18. The van der Waals surface area contributed by atoms with Crippen LogP contribution < -0.4 is 5.43 Å². The minimum Gasteiger partial charge on any atom is -0.507 e. The van der Waals surface area contributed by atoms with Gasteiger partial charge in [0.25, 0.3) is 5.69 Å². The molecule has 1 aromatic heterocycles. The van der Waals surface area contributed by atoms with Crippen molar-refractivity contribution in [2.24, 2.45) is 0 Å². The number of aliphatic hydroxyl groups is 1. The maximum Gasteiger partial charge on any atom is 0.269 e. The van der Waals surface area contributed by atoms with E-state index in [4.69, 9.17) is 4.42 Å². The molecule has 0 amide bonds. The van der Waals surface area contributed by atoms with Crippen LogP contribution in [0.4, 0.5) is 5.69 Å². The molecule has 0 radical (unpaired) electrons. The first-order chi connectivity index (χ1) is 14.3. The fraction of sp³-hybridized carbons (Fsp3) is 0.286. The monoisotopic (exact) mass is 412 g/mol. The van der Waals surface area contributed by atoms with Gasteiger partial charge in [-0.3, -0.25) is 14.9 Å². The van der Waals surface area contributed by atoms with Crippen molar-refractivity contribution in [1.29, 1.82) is 0 Å². The summed E-state index contributed by atoms with van der Waals surface area (Å²) in [7, 11) is 1.86. The van der Waals surface area contributed by atoms with Crippen LogP contribution in [0.3, 0.4) is 0 Å². The van der Waals surface area contributed by atoms with Crippen molar-refractivity contribution in [3.05, 3.63) is 62.3 Å². The van der Waals surface area contributed by atoms with Gasteiger partial charge in [0.1, 0.15) is 28.2 Å². The average molecular weight is 412 g/mol. The van der Waals surface area contributed by atoms with Crippen molar-refractivity contribution in [2.45, 2.75) is 18.4 Å². The summed E-state index contributed by atoms with van der Waals surface area (Å²) in [5.74, 6) is -0.774. The van der Waals surface area contributed by atoms with E-state index in [9.17, 15) is 30.2 Å². The Labute approximate surface area is 170 Å². The van der Waals surface area contributed by atoms with E-state index in [0.29, 0.717) is 24.1 Å². The highest BCUT2D eigenvalue weighted by Gasteiger charge is 2.36. The summed E-state index contributed by atoms with van der Waals surface area (Å²) < 4.78 is 5.97. The molecule has 0 aliphatic carbocycles. The maximum absolute atomic E-state index is 12.8. The fourth-order valence-corrected chi connectivity index (χ4v) is 4.18. The van der Waals surface area contributed by atoms with Gasteiger partial charge in [-0.2, -0.15) is 0 Å². The molecule has 2 heterocycles. The van der Waals surface area contributed by atoms with E-state index in [1.54, 1.807) is 0 Å². The number of rotatable bonds is 4. The minimum atomic E-state index is -0.528. The Balaban J connectivity index is 1.95. The molecular weight excluding hydrogens is 392 g/mol. The van der Waals surface area contributed by atoms with Gasteiger partial charge in [-0.25, -0.2) is 0 Å². The summed E-state index contributed by atoms with van der Waals surface area (Å²) in [6, 6.07) is 7.56. The number of nitrogens with zero attached hydrogens (tertiary/aromatic N) is 2. The number of aromatic hydroxyl groups is 2. The Morgan fingerprint density at radius 3 is 2.53 bits per heavy atom. The van der Waals surface area contributed by atoms with E-state index in [2.05, 4.69) is 0 Å². The van der Waals surface area contributed by atoms with E-state index in [-0.39, 0.29) is 46.7 Å². The van der Waals surface area contributed by atoms with Crippen LogP contribution in [0.15, 0.2) is 45.6 Å². The highest BCUT2D eigenvalue weighted by Crippen LogP contribution is 2.44. The second kappa shape index (κ2) is 7.43. The lowest BCUT2D eigenvalue weighted by molar-refractivity contribution is -0.384. The molecule has 0 saturated carbocycles. The lowest BCUT2D eigenvalue weighted by atomic mass is 9.89. The molecule has 0 spiro atoms. The van der Waals surface area contributed by atoms with Gasteiger partial charge in [0.2, 0.25) is 0 Å². The van der Waals surface area contributed by atoms with E-state index < -0.39 is 16.1 Å². The van der Waals surface area contributed by atoms with Crippen LogP contribution >= 0.6 is 0 Å². The Morgan fingerprint density at radius 1 is 1.20 bits per heavy atom. The van der Waals surface area contributed by atoms with E-state index in [0.717, 1.165) is 6.07 Å². The first-order valence-corrected chi connectivity index (χ1v) is 9.40. The summed E-state index contributed by atoms with van der Waals surface area (Å²) in [4.78, 5) is 25.1. The number of aliphatic hydroxyl groups excluding tert-OH is 1. The zero-order chi connectivity index (χ0) is 21.6. The number of likely N-dealkylation sites (tertiary alicyclic amines) is 1. The van der Waals surface area contributed by atoms with Crippen molar-refractivity contribution in [1.82, 2.24) is 4.90 Å². The average Bonchev–Trinajstić information content (AvgIpc) is 3.07. The van der Waals surface area contributed by atoms with E-state index >= 15 is 0 Å². The molecule has 156 valence electrons.